The maximum atomic E-state index is 13.3. The van der Waals surface area contributed by atoms with Crippen molar-refractivity contribution in [2.75, 3.05) is 14.2 Å². The van der Waals surface area contributed by atoms with E-state index in [1.165, 1.54) is 17.7 Å². The lowest BCUT2D eigenvalue weighted by molar-refractivity contribution is 0.306. The lowest BCUT2D eigenvalue weighted by atomic mass is 9.97. The van der Waals surface area contributed by atoms with Gasteiger partial charge in [-0.1, -0.05) is 54.1 Å². The molecule has 0 radical (unpaired) electrons. The Bertz CT molecular complexity index is 1180. The summed E-state index contributed by atoms with van der Waals surface area (Å²) in [5, 5.41) is 0. The highest BCUT2D eigenvalue weighted by Crippen LogP contribution is 2.41. The molecule has 32 heavy (non-hydrogen) atoms. The molecular formula is C28H25FO3. The van der Waals surface area contributed by atoms with E-state index in [1.54, 1.807) is 26.4 Å². The molecule has 0 fully saturated rings. The van der Waals surface area contributed by atoms with Crippen LogP contribution in [0.5, 0.6) is 17.2 Å². The molecule has 0 spiro atoms. The molecule has 0 aromatic heterocycles. The van der Waals surface area contributed by atoms with Crippen LogP contribution in [0.2, 0.25) is 0 Å². The summed E-state index contributed by atoms with van der Waals surface area (Å²) in [4.78, 5) is 0. The average molecular weight is 429 g/mol. The summed E-state index contributed by atoms with van der Waals surface area (Å²) in [7, 11) is 3.26. The number of halogens is 1. The molecule has 0 bridgehead atoms. The zero-order chi connectivity index (χ0) is 22.5. The van der Waals surface area contributed by atoms with E-state index in [1.807, 2.05) is 36.4 Å². The summed E-state index contributed by atoms with van der Waals surface area (Å²) in [6.45, 7) is 2.59. The summed E-state index contributed by atoms with van der Waals surface area (Å²) in [6, 6.07) is 26.4. The third-order valence-electron chi connectivity index (χ3n) is 5.37. The van der Waals surface area contributed by atoms with Gasteiger partial charge in [0.05, 0.1) is 14.2 Å². The first kappa shape index (κ1) is 21.4. The number of benzene rings is 4. The van der Waals surface area contributed by atoms with Gasteiger partial charge in [-0.3, -0.25) is 0 Å². The second kappa shape index (κ2) is 9.56. The highest BCUT2D eigenvalue weighted by atomic mass is 19.1. The van der Waals surface area contributed by atoms with Crippen molar-refractivity contribution in [2.24, 2.45) is 0 Å². The topological polar surface area (TPSA) is 27.7 Å². The van der Waals surface area contributed by atoms with Gasteiger partial charge in [0.25, 0.3) is 0 Å². The lowest BCUT2D eigenvalue weighted by Gasteiger charge is -2.16. The Morgan fingerprint density at radius 3 is 1.66 bits per heavy atom. The first-order valence-corrected chi connectivity index (χ1v) is 10.4. The number of aryl methyl sites for hydroxylation is 1. The largest absolute Gasteiger partial charge is 0.496 e. The minimum atomic E-state index is -0.277. The van der Waals surface area contributed by atoms with Crippen LogP contribution in [0.4, 0.5) is 4.39 Å². The standard InChI is InChI=1S/C28H25FO3/c1-19-4-6-20(7-5-19)18-32-24-14-10-22(11-15-24)26-17-27(30-2)25(16-28(26)31-3)21-8-12-23(29)13-9-21/h4-17H,18H2,1-3H3. The van der Waals surface area contributed by atoms with Crippen molar-refractivity contribution in [3.05, 3.63) is 102 Å². The van der Waals surface area contributed by atoms with Gasteiger partial charge in [-0.25, -0.2) is 4.39 Å². The lowest BCUT2D eigenvalue weighted by Crippen LogP contribution is -1.96. The van der Waals surface area contributed by atoms with Crippen molar-refractivity contribution in [1.29, 1.82) is 0 Å². The summed E-state index contributed by atoms with van der Waals surface area (Å²) < 4.78 is 30.6. The van der Waals surface area contributed by atoms with Crippen LogP contribution in [0.1, 0.15) is 11.1 Å². The zero-order valence-corrected chi connectivity index (χ0v) is 18.4. The van der Waals surface area contributed by atoms with Crippen molar-refractivity contribution in [3.63, 3.8) is 0 Å². The third kappa shape index (κ3) is 4.75. The van der Waals surface area contributed by atoms with Crippen molar-refractivity contribution < 1.29 is 18.6 Å². The molecule has 3 nitrogen and oxygen atoms in total. The molecule has 4 aromatic carbocycles. The second-order valence-electron chi connectivity index (χ2n) is 7.56. The molecule has 0 heterocycles. The van der Waals surface area contributed by atoms with Crippen LogP contribution >= 0.6 is 0 Å². The van der Waals surface area contributed by atoms with Gasteiger partial charge in [-0.15, -0.1) is 0 Å². The van der Waals surface area contributed by atoms with E-state index in [0.717, 1.165) is 33.6 Å². The van der Waals surface area contributed by atoms with Crippen molar-refractivity contribution in [2.45, 2.75) is 13.5 Å². The van der Waals surface area contributed by atoms with E-state index in [-0.39, 0.29) is 5.82 Å². The SMILES string of the molecule is COc1cc(-c2ccc(OCc3ccc(C)cc3)cc2)c(OC)cc1-c1ccc(F)cc1. The van der Waals surface area contributed by atoms with Gasteiger partial charge < -0.3 is 14.2 Å². The summed E-state index contributed by atoms with van der Waals surface area (Å²) in [6.07, 6.45) is 0. The smallest absolute Gasteiger partial charge is 0.127 e. The van der Waals surface area contributed by atoms with E-state index in [0.29, 0.717) is 18.1 Å². The maximum absolute atomic E-state index is 13.3. The van der Waals surface area contributed by atoms with Gasteiger partial charge in [0.1, 0.15) is 29.7 Å². The predicted molar refractivity (Wildman–Crippen MR) is 126 cm³/mol. The molecule has 0 unspecified atom stereocenters. The number of hydrogen-bond donors (Lipinski definition) is 0. The van der Waals surface area contributed by atoms with Crippen LogP contribution in [-0.4, -0.2) is 14.2 Å². The number of hydrogen-bond acceptors (Lipinski definition) is 3. The van der Waals surface area contributed by atoms with Crippen LogP contribution in [0, 0.1) is 12.7 Å². The van der Waals surface area contributed by atoms with Crippen molar-refractivity contribution in [1.82, 2.24) is 0 Å². The van der Waals surface area contributed by atoms with Crippen molar-refractivity contribution in [3.8, 4) is 39.5 Å². The Hall–Kier alpha value is -3.79. The van der Waals surface area contributed by atoms with Gasteiger partial charge in [0, 0.05) is 11.1 Å². The summed E-state index contributed by atoms with van der Waals surface area (Å²) in [5.41, 5.74) is 5.93. The highest BCUT2D eigenvalue weighted by molar-refractivity contribution is 5.81. The molecular weight excluding hydrogens is 403 g/mol. The van der Waals surface area contributed by atoms with E-state index in [4.69, 9.17) is 14.2 Å². The molecule has 0 atom stereocenters. The fourth-order valence-electron chi connectivity index (χ4n) is 3.56. The fourth-order valence-corrected chi connectivity index (χ4v) is 3.56. The first-order chi connectivity index (χ1) is 15.6. The molecule has 4 heteroatoms. The monoisotopic (exact) mass is 428 g/mol. The van der Waals surface area contributed by atoms with Gasteiger partial charge in [0.15, 0.2) is 0 Å². The van der Waals surface area contributed by atoms with Crippen LogP contribution in [0.3, 0.4) is 0 Å². The summed E-state index contributed by atoms with van der Waals surface area (Å²) >= 11 is 0. The zero-order valence-electron chi connectivity index (χ0n) is 18.4. The second-order valence-corrected chi connectivity index (χ2v) is 7.56. The maximum Gasteiger partial charge on any atom is 0.127 e. The third-order valence-corrected chi connectivity index (χ3v) is 5.37. The molecule has 0 aliphatic heterocycles. The van der Waals surface area contributed by atoms with E-state index >= 15 is 0 Å². The molecule has 0 aliphatic carbocycles. The molecule has 0 saturated carbocycles. The summed E-state index contributed by atoms with van der Waals surface area (Å²) in [5.74, 6) is 1.91. The van der Waals surface area contributed by atoms with Gasteiger partial charge in [0.2, 0.25) is 0 Å². The van der Waals surface area contributed by atoms with Crippen LogP contribution in [0.15, 0.2) is 84.9 Å². The Labute approximate surface area is 188 Å². The molecule has 0 aliphatic rings. The molecule has 0 amide bonds. The van der Waals surface area contributed by atoms with Crippen LogP contribution in [-0.2, 0) is 6.61 Å². The number of ether oxygens (including phenoxy) is 3. The Morgan fingerprint density at radius 1 is 0.656 bits per heavy atom. The minimum absolute atomic E-state index is 0.277. The molecule has 162 valence electrons. The number of rotatable bonds is 7. The Balaban J connectivity index is 1.59. The predicted octanol–water partition coefficient (Wildman–Crippen LogP) is 7.06. The van der Waals surface area contributed by atoms with Gasteiger partial charge in [-0.2, -0.15) is 0 Å². The Morgan fingerprint density at radius 2 is 1.16 bits per heavy atom. The molecule has 0 N–H and O–H groups in total. The van der Waals surface area contributed by atoms with Crippen LogP contribution in [0.25, 0.3) is 22.3 Å². The first-order valence-electron chi connectivity index (χ1n) is 10.4. The van der Waals surface area contributed by atoms with Gasteiger partial charge in [-0.05, 0) is 60.0 Å². The molecule has 0 saturated heterocycles. The van der Waals surface area contributed by atoms with Gasteiger partial charge >= 0.3 is 0 Å². The normalized spacial score (nSPS) is 10.6. The van der Waals surface area contributed by atoms with E-state index < -0.39 is 0 Å². The van der Waals surface area contributed by atoms with Crippen molar-refractivity contribution >= 4 is 0 Å². The number of methoxy groups -OCH3 is 2. The van der Waals surface area contributed by atoms with E-state index in [9.17, 15) is 4.39 Å². The molecule has 4 aromatic rings. The fraction of sp³-hybridized carbons (Fsp3) is 0.143. The molecule has 4 rings (SSSR count). The van der Waals surface area contributed by atoms with Crippen LogP contribution < -0.4 is 14.2 Å². The quantitative estimate of drug-likeness (QED) is 0.315. The highest BCUT2D eigenvalue weighted by Gasteiger charge is 2.14. The Kier molecular flexibility index (Phi) is 6.41. The van der Waals surface area contributed by atoms with E-state index in [2.05, 4.69) is 31.2 Å². The average Bonchev–Trinajstić information content (AvgIpc) is 2.84. The minimum Gasteiger partial charge on any atom is -0.496 e.